The van der Waals surface area contributed by atoms with E-state index in [2.05, 4.69) is 21.3 Å². The van der Waals surface area contributed by atoms with Crippen molar-refractivity contribution in [2.45, 2.75) is 0 Å². The van der Waals surface area contributed by atoms with Gasteiger partial charge in [-0.2, -0.15) is 0 Å². The van der Waals surface area contributed by atoms with Gasteiger partial charge in [0.25, 0.3) is 0 Å². The first-order valence-electron chi connectivity index (χ1n) is 6.00. The second-order valence-electron chi connectivity index (χ2n) is 4.24. The first-order valence-corrected chi connectivity index (χ1v) is 6.00. The van der Waals surface area contributed by atoms with E-state index >= 15 is 0 Å². The zero-order chi connectivity index (χ0) is 13.9. The van der Waals surface area contributed by atoms with Crippen LogP contribution in [0.1, 0.15) is 0 Å². The maximum absolute atomic E-state index is 13.8. The number of fused-ring (bicyclic) bond motifs is 1. The number of hydrogen-bond donors (Lipinski definition) is 1. The van der Waals surface area contributed by atoms with Gasteiger partial charge in [0.05, 0.1) is 5.69 Å². The highest BCUT2D eigenvalue weighted by Gasteiger charge is 2.06. The fraction of sp³-hybridized carbons (Fsp3) is 0. The van der Waals surface area contributed by atoms with E-state index in [0.29, 0.717) is 17.1 Å². The molecule has 3 nitrogen and oxygen atoms in total. The Morgan fingerprint density at radius 3 is 2.60 bits per heavy atom. The van der Waals surface area contributed by atoms with Crippen LogP contribution < -0.4 is 5.32 Å². The van der Waals surface area contributed by atoms with E-state index in [4.69, 9.17) is 6.42 Å². The van der Waals surface area contributed by atoms with Crippen LogP contribution in [0.3, 0.4) is 0 Å². The molecule has 0 saturated heterocycles. The SMILES string of the molecule is C#CNc1cc2cnc(-c3ccccc3F)cc2cn1. The van der Waals surface area contributed by atoms with Crippen LogP contribution in [0.25, 0.3) is 22.0 Å². The van der Waals surface area contributed by atoms with Crippen LogP contribution in [0.4, 0.5) is 10.2 Å². The predicted octanol–water partition coefficient (Wildman–Crippen LogP) is 3.44. The quantitative estimate of drug-likeness (QED) is 0.568. The third-order valence-corrected chi connectivity index (χ3v) is 2.95. The molecule has 0 radical (unpaired) electrons. The monoisotopic (exact) mass is 263 g/mol. The second-order valence-corrected chi connectivity index (χ2v) is 4.24. The van der Waals surface area contributed by atoms with E-state index in [9.17, 15) is 4.39 Å². The van der Waals surface area contributed by atoms with Gasteiger partial charge in [0.2, 0.25) is 0 Å². The second kappa shape index (κ2) is 4.98. The Labute approximate surface area is 115 Å². The molecule has 0 atom stereocenters. The van der Waals surface area contributed by atoms with Crippen molar-refractivity contribution in [2.75, 3.05) is 5.32 Å². The molecule has 1 N–H and O–H groups in total. The van der Waals surface area contributed by atoms with Crippen molar-refractivity contribution in [3.63, 3.8) is 0 Å². The van der Waals surface area contributed by atoms with Gasteiger partial charge in [0.1, 0.15) is 11.6 Å². The van der Waals surface area contributed by atoms with Crippen molar-refractivity contribution in [3.8, 4) is 23.7 Å². The summed E-state index contributed by atoms with van der Waals surface area (Å²) in [5.41, 5.74) is 1.05. The van der Waals surface area contributed by atoms with Crippen molar-refractivity contribution in [1.82, 2.24) is 9.97 Å². The molecule has 0 aliphatic rings. The van der Waals surface area contributed by atoms with Crippen LogP contribution >= 0.6 is 0 Å². The minimum absolute atomic E-state index is 0.294. The van der Waals surface area contributed by atoms with Crippen molar-refractivity contribution < 1.29 is 4.39 Å². The molecule has 96 valence electrons. The smallest absolute Gasteiger partial charge is 0.138 e. The molecule has 3 rings (SSSR count). The lowest BCUT2D eigenvalue weighted by Crippen LogP contribution is -1.92. The number of nitrogens with zero attached hydrogens (tertiary/aromatic N) is 2. The Balaban J connectivity index is 2.10. The van der Waals surface area contributed by atoms with Crippen LogP contribution in [0.5, 0.6) is 0 Å². The summed E-state index contributed by atoms with van der Waals surface area (Å²) in [7, 11) is 0. The molecule has 0 aliphatic heterocycles. The third kappa shape index (κ3) is 2.17. The molecule has 0 aliphatic carbocycles. The molecule has 0 unspecified atom stereocenters. The average Bonchev–Trinajstić information content (AvgIpc) is 2.48. The fourth-order valence-electron chi connectivity index (χ4n) is 2.00. The lowest BCUT2D eigenvalue weighted by molar-refractivity contribution is 0.631. The van der Waals surface area contributed by atoms with Gasteiger partial charge in [0, 0.05) is 34.8 Å². The van der Waals surface area contributed by atoms with E-state index in [1.165, 1.54) is 6.07 Å². The summed E-state index contributed by atoms with van der Waals surface area (Å²) in [5, 5.41) is 4.45. The van der Waals surface area contributed by atoms with Gasteiger partial charge in [-0.25, -0.2) is 9.37 Å². The Bertz CT molecular complexity index is 821. The number of hydrogen-bond acceptors (Lipinski definition) is 3. The molecular formula is C16H10FN3. The number of benzene rings is 1. The van der Waals surface area contributed by atoms with Gasteiger partial charge in [-0.15, -0.1) is 0 Å². The molecule has 0 saturated carbocycles. The van der Waals surface area contributed by atoms with Crippen LogP contribution in [-0.4, -0.2) is 9.97 Å². The summed E-state index contributed by atoms with van der Waals surface area (Å²) in [6.07, 6.45) is 8.53. The summed E-state index contributed by atoms with van der Waals surface area (Å²) in [6.45, 7) is 0. The minimum Gasteiger partial charge on any atom is -0.300 e. The van der Waals surface area contributed by atoms with Gasteiger partial charge >= 0.3 is 0 Å². The Kier molecular flexibility index (Phi) is 3.02. The maximum Gasteiger partial charge on any atom is 0.138 e. The Morgan fingerprint density at radius 2 is 1.80 bits per heavy atom. The van der Waals surface area contributed by atoms with E-state index in [0.717, 1.165) is 10.8 Å². The third-order valence-electron chi connectivity index (χ3n) is 2.95. The van der Waals surface area contributed by atoms with Crippen molar-refractivity contribution in [1.29, 1.82) is 0 Å². The Morgan fingerprint density at radius 1 is 1.05 bits per heavy atom. The number of anilines is 1. The van der Waals surface area contributed by atoms with Crippen LogP contribution in [-0.2, 0) is 0 Å². The normalized spacial score (nSPS) is 10.2. The predicted molar refractivity (Wildman–Crippen MR) is 77.4 cm³/mol. The largest absolute Gasteiger partial charge is 0.300 e. The molecule has 1 aromatic carbocycles. The van der Waals surface area contributed by atoms with E-state index in [-0.39, 0.29) is 5.82 Å². The minimum atomic E-state index is -0.294. The standard InChI is InChI=1S/C16H10FN3/c1-2-18-16-8-12-9-19-15(7-11(12)10-20-16)13-5-3-4-6-14(13)17/h1,3-10H,(H,18,20). The average molecular weight is 263 g/mol. The number of halogens is 1. The van der Waals surface area contributed by atoms with Gasteiger partial charge in [0.15, 0.2) is 0 Å². The van der Waals surface area contributed by atoms with E-state index < -0.39 is 0 Å². The lowest BCUT2D eigenvalue weighted by Gasteiger charge is -2.05. The van der Waals surface area contributed by atoms with Gasteiger partial charge in [-0.1, -0.05) is 18.6 Å². The molecule has 3 aromatic rings. The molecule has 2 heterocycles. The van der Waals surface area contributed by atoms with Crippen molar-refractivity contribution in [3.05, 3.63) is 54.6 Å². The van der Waals surface area contributed by atoms with Gasteiger partial charge < -0.3 is 0 Å². The van der Waals surface area contributed by atoms with Gasteiger partial charge in [-0.3, -0.25) is 10.3 Å². The highest BCUT2D eigenvalue weighted by molar-refractivity contribution is 5.86. The van der Waals surface area contributed by atoms with E-state index in [1.54, 1.807) is 42.7 Å². The fourth-order valence-corrected chi connectivity index (χ4v) is 2.00. The van der Waals surface area contributed by atoms with Crippen LogP contribution in [0, 0.1) is 18.3 Å². The Hall–Kier alpha value is -2.93. The zero-order valence-corrected chi connectivity index (χ0v) is 10.5. The summed E-state index contributed by atoms with van der Waals surface area (Å²) < 4.78 is 13.8. The van der Waals surface area contributed by atoms with E-state index in [1.807, 2.05) is 0 Å². The molecule has 0 fully saturated rings. The van der Waals surface area contributed by atoms with Gasteiger partial charge in [-0.05, 0) is 24.3 Å². The summed E-state index contributed by atoms with van der Waals surface area (Å²) in [6, 6.07) is 12.5. The molecule has 4 heteroatoms. The molecule has 0 amide bonds. The lowest BCUT2D eigenvalue weighted by atomic mass is 10.1. The van der Waals surface area contributed by atoms with Crippen molar-refractivity contribution >= 4 is 16.6 Å². The topological polar surface area (TPSA) is 37.8 Å². The number of rotatable bonds is 2. The number of terminal acetylenes is 1. The molecule has 20 heavy (non-hydrogen) atoms. The molecular weight excluding hydrogens is 253 g/mol. The summed E-state index contributed by atoms with van der Waals surface area (Å²) >= 11 is 0. The first kappa shape index (κ1) is 12.1. The highest BCUT2D eigenvalue weighted by atomic mass is 19.1. The molecule has 0 spiro atoms. The molecule has 2 aromatic heterocycles. The number of nitrogens with one attached hydrogen (secondary N) is 1. The first-order chi connectivity index (χ1) is 9.78. The number of pyridine rings is 2. The molecule has 0 bridgehead atoms. The summed E-state index contributed by atoms with van der Waals surface area (Å²) in [4.78, 5) is 8.47. The summed E-state index contributed by atoms with van der Waals surface area (Å²) in [5.74, 6) is 0.290. The van der Waals surface area contributed by atoms with Crippen LogP contribution in [0.15, 0.2) is 48.8 Å². The highest BCUT2D eigenvalue weighted by Crippen LogP contribution is 2.24. The van der Waals surface area contributed by atoms with Crippen LogP contribution in [0.2, 0.25) is 0 Å². The van der Waals surface area contributed by atoms with Crippen molar-refractivity contribution in [2.24, 2.45) is 0 Å². The maximum atomic E-state index is 13.8. The number of aromatic nitrogens is 2. The zero-order valence-electron chi connectivity index (χ0n) is 10.5.